The number of hydrogen-bond donors (Lipinski definition) is 1. The van der Waals surface area contributed by atoms with Crippen LogP contribution >= 0.6 is 0 Å². The number of carbonyl (C=O) groups excluding carboxylic acids is 2. The summed E-state index contributed by atoms with van der Waals surface area (Å²) in [4.78, 5) is 35.1. The molecule has 1 N–H and O–H groups in total. The van der Waals surface area contributed by atoms with Gasteiger partial charge in [0, 0.05) is 18.8 Å². The van der Waals surface area contributed by atoms with E-state index >= 15 is 0 Å². The first-order chi connectivity index (χ1) is 10.1. The maximum absolute atomic E-state index is 12.2. The summed E-state index contributed by atoms with van der Waals surface area (Å²) in [5, 5.41) is 2.64. The summed E-state index contributed by atoms with van der Waals surface area (Å²) in [7, 11) is 0. The number of rotatable bonds is 8. The first-order valence-corrected chi connectivity index (χ1v) is 6.81. The standard InChI is InChI=1S/C15H20N2O4/c1-3-7-12(17-11-6-5-8-13(17)18)15(20)16-10-9-14(19)21-4-2/h3,5-6,8,11-12H,1,4,7,9-10H2,2H3,(H,16,20)/t12-/m0/s1. The molecule has 0 unspecified atom stereocenters. The minimum atomic E-state index is -0.668. The molecule has 1 atom stereocenters. The number of hydrogen-bond acceptors (Lipinski definition) is 4. The number of allylic oxidation sites excluding steroid dienone is 1. The van der Waals surface area contributed by atoms with Crippen molar-refractivity contribution in [2.75, 3.05) is 13.2 Å². The van der Waals surface area contributed by atoms with Crippen molar-refractivity contribution in [2.45, 2.75) is 25.8 Å². The van der Waals surface area contributed by atoms with Gasteiger partial charge in [0.25, 0.3) is 5.56 Å². The Morgan fingerprint density at radius 1 is 1.48 bits per heavy atom. The highest BCUT2D eigenvalue weighted by atomic mass is 16.5. The predicted molar refractivity (Wildman–Crippen MR) is 78.8 cm³/mol. The SMILES string of the molecule is C=CC[C@@H](C(=O)NCCC(=O)OCC)n1ccccc1=O. The molecule has 0 fully saturated rings. The van der Waals surface area contributed by atoms with E-state index in [2.05, 4.69) is 11.9 Å². The van der Waals surface area contributed by atoms with Crippen molar-refractivity contribution < 1.29 is 14.3 Å². The minimum absolute atomic E-state index is 0.101. The first kappa shape index (κ1) is 16.7. The van der Waals surface area contributed by atoms with Gasteiger partial charge in [-0.25, -0.2) is 0 Å². The van der Waals surface area contributed by atoms with Gasteiger partial charge in [0.05, 0.1) is 13.0 Å². The highest BCUT2D eigenvalue weighted by molar-refractivity contribution is 5.81. The zero-order valence-electron chi connectivity index (χ0n) is 12.1. The van der Waals surface area contributed by atoms with Crippen LogP contribution in [-0.4, -0.2) is 29.6 Å². The third-order valence-corrected chi connectivity index (χ3v) is 2.81. The molecule has 114 valence electrons. The molecule has 1 aromatic heterocycles. The van der Waals surface area contributed by atoms with Crippen LogP contribution in [0.4, 0.5) is 0 Å². The minimum Gasteiger partial charge on any atom is -0.466 e. The van der Waals surface area contributed by atoms with Gasteiger partial charge in [-0.2, -0.15) is 0 Å². The molecular weight excluding hydrogens is 272 g/mol. The number of esters is 1. The Balaban J connectivity index is 2.67. The fourth-order valence-electron chi connectivity index (χ4n) is 1.84. The first-order valence-electron chi connectivity index (χ1n) is 6.81. The van der Waals surface area contributed by atoms with Gasteiger partial charge in [-0.05, 0) is 19.4 Å². The molecule has 1 rings (SSSR count). The Bertz CT molecular complexity index is 551. The maximum Gasteiger partial charge on any atom is 0.307 e. The Labute approximate surface area is 123 Å². The summed E-state index contributed by atoms with van der Waals surface area (Å²) in [5.74, 6) is -0.692. The highest BCUT2D eigenvalue weighted by Gasteiger charge is 2.19. The smallest absolute Gasteiger partial charge is 0.307 e. The van der Waals surface area contributed by atoms with Gasteiger partial charge in [0.1, 0.15) is 6.04 Å². The van der Waals surface area contributed by atoms with Gasteiger partial charge in [0.15, 0.2) is 0 Å². The molecule has 1 aromatic rings. The normalized spacial score (nSPS) is 11.5. The second-order valence-corrected chi connectivity index (χ2v) is 4.33. The molecule has 0 saturated heterocycles. The van der Waals surface area contributed by atoms with E-state index in [0.717, 1.165) is 0 Å². The monoisotopic (exact) mass is 292 g/mol. The highest BCUT2D eigenvalue weighted by Crippen LogP contribution is 2.09. The zero-order valence-corrected chi connectivity index (χ0v) is 12.1. The lowest BCUT2D eigenvalue weighted by molar-refractivity contribution is -0.143. The van der Waals surface area contributed by atoms with E-state index in [1.165, 1.54) is 10.6 Å². The van der Waals surface area contributed by atoms with Gasteiger partial charge >= 0.3 is 5.97 Å². The summed E-state index contributed by atoms with van der Waals surface area (Å²) < 4.78 is 6.12. The maximum atomic E-state index is 12.2. The fourth-order valence-corrected chi connectivity index (χ4v) is 1.84. The number of carbonyl (C=O) groups is 2. The van der Waals surface area contributed by atoms with Crippen LogP contribution < -0.4 is 10.9 Å². The molecule has 6 nitrogen and oxygen atoms in total. The molecule has 0 aliphatic carbocycles. The Morgan fingerprint density at radius 3 is 2.86 bits per heavy atom. The number of ether oxygens (including phenoxy) is 1. The van der Waals surface area contributed by atoms with Crippen LogP contribution in [0.5, 0.6) is 0 Å². The van der Waals surface area contributed by atoms with Gasteiger partial charge in [0.2, 0.25) is 5.91 Å². The molecule has 0 aliphatic rings. The van der Waals surface area contributed by atoms with E-state index in [-0.39, 0.29) is 30.4 Å². The average Bonchev–Trinajstić information content (AvgIpc) is 2.46. The third-order valence-electron chi connectivity index (χ3n) is 2.81. The average molecular weight is 292 g/mol. The lowest BCUT2D eigenvalue weighted by Gasteiger charge is -2.17. The molecule has 1 heterocycles. The number of pyridine rings is 1. The fraction of sp³-hybridized carbons (Fsp3) is 0.400. The summed E-state index contributed by atoms with van der Waals surface area (Å²) in [5.41, 5.74) is -0.259. The third kappa shape index (κ3) is 5.25. The molecule has 21 heavy (non-hydrogen) atoms. The van der Waals surface area contributed by atoms with E-state index in [1.807, 2.05) is 0 Å². The quantitative estimate of drug-likeness (QED) is 0.573. The van der Waals surface area contributed by atoms with Crippen LogP contribution in [0, 0.1) is 0 Å². The lowest BCUT2D eigenvalue weighted by Crippen LogP contribution is -2.37. The van der Waals surface area contributed by atoms with Gasteiger partial charge in [-0.1, -0.05) is 12.1 Å². The second kappa shape index (κ2) is 8.73. The van der Waals surface area contributed by atoms with E-state index in [1.54, 1.807) is 31.3 Å². The van der Waals surface area contributed by atoms with Crippen LogP contribution in [0.3, 0.4) is 0 Å². The molecule has 1 amide bonds. The van der Waals surface area contributed by atoms with Crippen molar-refractivity contribution in [3.63, 3.8) is 0 Å². The Kier molecular flexibility index (Phi) is 6.94. The van der Waals surface area contributed by atoms with Crippen LogP contribution in [0.15, 0.2) is 41.8 Å². The van der Waals surface area contributed by atoms with Crippen LogP contribution in [-0.2, 0) is 14.3 Å². The van der Waals surface area contributed by atoms with Crippen molar-refractivity contribution in [1.82, 2.24) is 9.88 Å². The number of aromatic nitrogens is 1. The molecule has 6 heteroatoms. The molecule has 0 aromatic carbocycles. The van der Waals surface area contributed by atoms with Crippen molar-refractivity contribution >= 4 is 11.9 Å². The van der Waals surface area contributed by atoms with Crippen LogP contribution in [0.1, 0.15) is 25.8 Å². The predicted octanol–water partition coefficient (Wildman–Crippen LogP) is 1.03. The van der Waals surface area contributed by atoms with Gasteiger partial charge < -0.3 is 14.6 Å². The molecule has 0 aliphatic heterocycles. The molecular formula is C15H20N2O4. The van der Waals surface area contributed by atoms with Crippen molar-refractivity contribution in [1.29, 1.82) is 0 Å². The van der Waals surface area contributed by atoms with Crippen molar-refractivity contribution in [3.05, 3.63) is 47.4 Å². The van der Waals surface area contributed by atoms with E-state index in [9.17, 15) is 14.4 Å². The van der Waals surface area contributed by atoms with Gasteiger partial charge in [-0.15, -0.1) is 6.58 Å². The number of nitrogens with one attached hydrogen (secondary N) is 1. The molecule has 0 bridgehead atoms. The van der Waals surface area contributed by atoms with Crippen LogP contribution in [0.2, 0.25) is 0 Å². The topological polar surface area (TPSA) is 77.4 Å². The number of amides is 1. The number of nitrogens with zero attached hydrogens (tertiary/aromatic N) is 1. The Hall–Kier alpha value is -2.37. The Morgan fingerprint density at radius 2 is 2.24 bits per heavy atom. The summed E-state index contributed by atoms with van der Waals surface area (Å²) >= 11 is 0. The van der Waals surface area contributed by atoms with E-state index in [0.29, 0.717) is 13.0 Å². The molecule has 0 saturated carbocycles. The molecule has 0 spiro atoms. The largest absolute Gasteiger partial charge is 0.466 e. The van der Waals surface area contributed by atoms with E-state index in [4.69, 9.17) is 4.74 Å². The van der Waals surface area contributed by atoms with Gasteiger partial charge in [-0.3, -0.25) is 14.4 Å². The molecule has 0 radical (unpaired) electrons. The van der Waals surface area contributed by atoms with E-state index < -0.39 is 6.04 Å². The van der Waals surface area contributed by atoms with Crippen LogP contribution in [0.25, 0.3) is 0 Å². The lowest BCUT2D eigenvalue weighted by atomic mass is 10.1. The zero-order chi connectivity index (χ0) is 15.7. The summed E-state index contributed by atoms with van der Waals surface area (Å²) in [6.45, 7) is 5.81. The summed E-state index contributed by atoms with van der Waals surface area (Å²) in [6.07, 6.45) is 3.57. The summed E-state index contributed by atoms with van der Waals surface area (Å²) in [6, 6.07) is 4.02. The second-order valence-electron chi connectivity index (χ2n) is 4.33. The van der Waals surface area contributed by atoms with Crippen molar-refractivity contribution in [2.24, 2.45) is 0 Å². The van der Waals surface area contributed by atoms with Crippen molar-refractivity contribution in [3.8, 4) is 0 Å².